The summed E-state index contributed by atoms with van der Waals surface area (Å²) in [5.74, 6) is 0.120. The summed E-state index contributed by atoms with van der Waals surface area (Å²) in [4.78, 5) is 19.9. The van der Waals surface area contributed by atoms with Crippen LogP contribution in [0.4, 0.5) is 15.9 Å². The van der Waals surface area contributed by atoms with Gasteiger partial charge in [-0.3, -0.25) is 4.79 Å². The molecule has 0 saturated carbocycles. The number of nitrogens with zero attached hydrogens (tertiary/aromatic N) is 3. The number of sulfonamides is 1. The summed E-state index contributed by atoms with van der Waals surface area (Å²) >= 11 is 0. The summed E-state index contributed by atoms with van der Waals surface area (Å²) in [7, 11) is -3.60. The Morgan fingerprint density at radius 3 is 2.26 bits per heavy atom. The fraction of sp³-hybridized carbons (Fsp3) is 0.455. The number of anilines is 2. The van der Waals surface area contributed by atoms with Crippen molar-refractivity contribution in [3.05, 3.63) is 47.9 Å². The van der Waals surface area contributed by atoms with Crippen LogP contribution in [-0.4, -0.2) is 51.4 Å². The number of ketones is 1. The van der Waals surface area contributed by atoms with E-state index in [2.05, 4.69) is 9.71 Å². The van der Waals surface area contributed by atoms with Gasteiger partial charge in [-0.25, -0.2) is 22.5 Å². The van der Waals surface area contributed by atoms with Crippen molar-refractivity contribution in [2.24, 2.45) is 0 Å². The fourth-order valence-electron chi connectivity index (χ4n) is 3.62. The number of aromatic nitrogens is 1. The van der Waals surface area contributed by atoms with Gasteiger partial charge in [0.15, 0.2) is 5.78 Å². The lowest BCUT2D eigenvalue weighted by Crippen LogP contribution is -2.47. The van der Waals surface area contributed by atoms with E-state index in [-0.39, 0.29) is 16.7 Å². The third kappa shape index (κ3) is 5.40. The Labute approximate surface area is 183 Å². The molecular weight excluding hydrogens is 419 g/mol. The highest BCUT2D eigenvalue weighted by molar-refractivity contribution is 7.89. The molecule has 0 aliphatic carbocycles. The van der Waals surface area contributed by atoms with Crippen LogP contribution in [0.15, 0.2) is 41.4 Å². The van der Waals surface area contributed by atoms with E-state index in [1.165, 1.54) is 19.2 Å². The third-order valence-electron chi connectivity index (χ3n) is 5.64. The van der Waals surface area contributed by atoms with Crippen molar-refractivity contribution in [2.75, 3.05) is 36.0 Å². The summed E-state index contributed by atoms with van der Waals surface area (Å²) in [6.07, 6.45) is 2.83. The van der Waals surface area contributed by atoms with Gasteiger partial charge in [0.2, 0.25) is 10.0 Å². The Balaban J connectivity index is 1.64. The summed E-state index contributed by atoms with van der Waals surface area (Å²) in [6.45, 7) is 7.74. The molecule has 7 nitrogen and oxygen atoms in total. The van der Waals surface area contributed by atoms with Crippen molar-refractivity contribution in [2.45, 2.75) is 44.6 Å². The molecule has 3 rings (SSSR count). The zero-order valence-corrected chi connectivity index (χ0v) is 19.0. The molecule has 1 aromatic carbocycles. The van der Waals surface area contributed by atoms with Crippen LogP contribution >= 0.6 is 0 Å². The highest BCUT2D eigenvalue weighted by Gasteiger charge is 2.22. The molecule has 31 heavy (non-hydrogen) atoms. The van der Waals surface area contributed by atoms with Gasteiger partial charge in [0, 0.05) is 44.0 Å². The summed E-state index contributed by atoms with van der Waals surface area (Å²) in [6, 6.07) is 7.75. The molecule has 0 radical (unpaired) electrons. The third-order valence-corrected chi connectivity index (χ3v) is 7.14. The van der Waals surface area contributed by atoms with Crippen molar-refractivity contribution in [1.29, 1.82) is 0 Å². The monoisotopic (exact) mass is 448 g/mol. The normalized spacial score (nSPS) is 14.9. The Bertz CT molecular complexity index is 1020. The molecule has 0 unspecified atom stereocenters. The first-order chi connectivity index (χ1) is 14.7. The molecule has 1 N–H and O–H groups in total. The number of rotatable bonds is 8. The van der Waals surface area contributed by atoms with Gasteiger partial charge in [0.05, 0.1) is 5.69 Å². The van der Waals surface area contributed by atoms with Gasteiger partial charge in [0.1, 0.15) is 16.5 Å². The number of nitrogens with one attached hydrogen (secondary N) is 1. The first-order valence-electron chi connectivity index (χ1n) is 10.5. The number of hydrogen-bond donors (Lipinski definition) is 1. The average Bonchev–Trinajstić information content (AvgIpc) is 2.77. The molecule has 1 aliphatic rings. The van der Waals surface area contributed by atoms with Crippen molar-refractivity contribution < 1.29 is 17.6 Å². The number of piperazine rings is 1. The highest BCUT2D eigenvalue weighted by atomic mass is 32.2. The van der Waals surface area contributed by atoms with Crippen LogP contribution in [0.25, 0.3) is 0 Å². The van der Waals surface area contributed by atoms with Gasteiger partial charge >= 0.3 is 0 Å². The molecule has 0 spiro atoms. The van der Waals surface area contributed by atoms with Gasteiger partial charge < -0.3 is 9.80 Å². The van der Waals surface area contributed by atoms with Crippen LogP contribution < -0.4 is 14.5 Å². The number of carbonyl (C=O) groups excluding carboxylic acids is 1. The van der Waals surface area contributed by atoms with Crippen LogP contribution in [0.3, 0.4) is 0 Å². The first kappa shape index (κ1) is 23.1. The van der Waals surface area contributed by atoms with E-state index < -0.39 is 15.8 Å². The molecule has 2 aromatic rings. The molecule has 1 fully saturated rings. The Morgan fingerprint density at radius 2 is 1.74 bits per heavy atom. The largest absolute Gasteiger partial charge is 0.366 e. The Morgan fingerprint density at radius 1 is 1.10 bits per heavy atom. The quantitative estimate of drug-likeness (QED) is 0.625. The Hall–Kier alpha value is -2.52. The lowest BCUT2D eigenvalue weighted by atomic mass is 10.1. The number of Topliss-reactive ketones (excluding diaryl/α,β-unsaturated/α-hetero) is 1. The second-order valence-corrected chi connectivity index (χ2v) is 9.40. The molecule has 1 saturated heterocycles. The smallest absolute Gasteiger partial charge is 0.242 e. The second-order valence-electron chi connectivity index (χ2n) is 7.68. The maximum Gasteiger partial charge on any atom is 0.242 e. The molecule has 0 amide bonds. The SMILES string of the molecule is CCC(CC)NS(=O)(=O)c1ccc(N2CCN(c3ccc(C(C)=O)cc3F)CC2)nc1. The minimum Gasteiger partial charge on any atom is -0.366 e. The van der Waals surface area contributed by atoms with Gasteiger partial charge in [0.25, 0.3) is 0 Å². The van der Waals surface area contributed by atoms with Crippen LogP contribution in [0.2, 0.25) is 0 Å². The number of benzene rings is 1. The predicted molar refractivity (Wildman–Crippen MR) is 120 cm³/mol. The van der Waals surface area contributed by atoms with Crippen molar-refractivity contribution in [1.82, 2.24) is 9.71 Å². The standard InChI is InChI=1S/C22H29FN4O3S/c1-4-18(5-2)25-31(29,30)19-7-9-22(24-15-19)27-12-10-26(11-13-27)21-8-6-17(16(3)28)14-20(21)23/h6-9,14-15,18,25H,4-5,10-13H2,1-3H3. The number of carbonyl (C=O) groups is 1. The minimum atomic E-state index is -3.60. The second kappa shape index (κ2) is 9.74. The molecule has 1 aliphatic heterocycles. The number of halogens is 1. The van der Waals surface area contributed by atoms with Crippen LogP contribution in [0.1, 0.15) is 44.0 Å². The zero-order chi connectivity index (χ0) is 22.6. The van der Waals surface area contributed by atoms with Gasteiger partial charge in [-0.1, -0.05) is 13.8 Å². The van der Waals surface area contributed by atoms with Crippen LogP contribution in [0.5, 0.6) is 0 Å². The molecule has 0 bridgehead atoms. The van der Waals surface area contributed by atoms with Gasteiger partial charge in [-0.2, -0.15) is 0 Å². The van der Waals surface area contributed by atoms with E-state index in [0.717, 1.165) is 12.8 Å². The maximum atomic E-state index is 14.4. The van der Waals surface area contributed by atoms with E-state index >= 15 is 0 Å². The lowest BCUT2D eigenvalue weighted by molar-refractivity contribution is 0.101. The van der Waals surface area contributed by atoms with Crippen LogP contribution in [0, 0.1) is 5.82 Å². The zero-order valence-electron chi connectivity index (χ0n) is 18.1. The highest BCUT2D eigenvalue weighted by Crippen LogP contribution is 2.24. The molecule has 168 valence electrons. The molecule has 2 heterocycles. The fourth-order valence-corrected chi connectivity index (χ4v) is 4.97. The van der Waals surface area contributed by atoms with E-state index in [0.29, 0.717) is 43.2 Å². The molecular formula is C22H29FN4O3S. The van der Waals surface area contributed by atoms with Crippen molar-refractivity contribution in [3.8, 4) is 0 Å². The van der Waals surface area contributed by atoms with E-state index in [4.69, 9.17) is 0 Å². The predicted octanol–water partition coefficient (Wildman–Crippen LogP) is 3.22. The van der Waals surface area contributed by atoms with Crippen LogP contribution in [-0.2, 0) is 10.0 Å². The van der Waals surface area contributed by atoms with Gasteiger partial charge in [-0.15, -0.1) is 0 Å². The van der Waals surface area contributed by atoms with Gasteiger partial charge in [-0.05, 0) is 50.1 Å². The van der Waals surface area contributed by atoms with E-state index in [1.807, 2.05) is 23.6 Å². The average molecular weight is 449 g/mol. The van der Waals surface area contributed by atoms with E-state index in [9.17, 15) is 17.6 Å². The first-order valence-corrected chi connectivity index (χ1v) is 12.0. The topological polar surface area (TPSA) is 82.6 Å². The molecule has 1 aromatic heterocycles. The minimum absolute atomic E-state index is 0.0948. The lowest BCUT2D eigenvalue weighted by Gasteiger charge is -2.36. The summed E-state index contributed by atoms with van der Waals surface area (Å²) in [5, 5.41) is 0. The molecule has 0 atom stereocenters. The number of hydrogen-bond acceptors (Lipinski definition) is 6. The number of pyridine rings is 1. The van der Waals surface area contributed by atoms with E-state index in [1.54, 1.807) is 24.3 Å². The van der Waals surface area contributed by atoms with Crippen molar-refractivity contribution >= 4 is 27.3 Å². The van der Waals surface area contributed by atoms with Crippen molar-refractivity contribution in [3.63, 3.8) is 0 Å². The summed E-state index contributed by atoms with van der Waals surface area (Å²) in [5.41, 5.74) is 0.837. The maximum absolute atomic E-state index is 14.4. The summed E-state index contributed by atoms with van der Waals surface area (Å²) < 4.78 is 42.2. The Kier molecular flexibility index (Phi) is 7.27. The molecule has 9 heteroatoms.